The molecule has 0 aliphatic heterocycles. The highest BCUT2D eigenvalue weighted by molar-refractivity contribution is 5.52. The zero-order valence-electron chi connectivity index (χ0n) is 12.1. The fraction of sp³-hybridized carbons (Fsp3) is 0.500. The first kappa shape index (κ1) is 14.3. The Labute approximate surface area is 118 Å². The van der Waals surface area contributed by atoms with Crippen LogP contribution in [0.25, 0.3) is 11.6 Å². The van der Waals surface area contributed by atoms with Crippen LogP contribution in [0.3, 0.4) is 0 Å². The number of nitriles is 1. The van der Waals surface area contributed by atoms with Gasteiger partial charge in [-0.25, -0.2) is 0 Å². The van der Waals surface area contributed by atoms with Crippen molar-refractivity contribution in [3.63, 3.8) is 0 Å². The molecule has 0 aromatic carbocycles. The monoisotopic (exact) mass is 273 g/mol. The van der Waals surface area contributed by atoms with Gasteiger partial charge >= 0.3 is 0 Å². The smallest absolute Gasteiger partial charge is 0.274 e. The number of hydrogen-bond acceptors (Lipinski definition) is 5. The molecule has 20 heavy (non-hydrogen) atoms. The highest BCUT2D eigenvalue weighted by atomic mass is 16.5. The van der Waals surface area contributed by atoms with E-state index in [0.29, 0.717) is 17.3 Å². The summed E-state index contributed by atoms with van der Waals surface area (Å²) in [7, 11) is 1.86. The average Bonchev–Trinajstić information content (AvgIpc) is 3.06. The Balaban J connectivity index is 2.09. The van der Waals surface area contributed by atoms with Crippen molar-refractivity contribution >= 4 is 0 Å². The second-order valence-electron chi connectivity index (χ2n) is 4.63. The maximum Gasteiger partial charge on any atom is 0.274 e. The highest BCUT2D eigenvalue weighted by Gasteiger charge is 2.13. The van der Waals surface area contributed by atoms with Gasteiger partial charge in [-0.2, -0.15) is 10.2 Å². The van der Waals surface area contributed by atoms with Crippen LogP contribution in [-0.2, 0) is 13.5 Å². The first-order chi connectivity index (χ1) is 9.67. The second kappa shape index (κ2) is 6.35. The molecule has 6 heteroatoms. The molecule has 0 N–H and O–H groups in total. The van der Waals surface area contributed by atoms with Gasteiger partial charge in [-0.05, 0) is 19.2 Å². The lowest BCUT2D eigenvalue weighted by atomic mass is 10.3. The van der Waals surface area contributed by atoms with Gasteiger partial charge in [-0.1, -0.05) is 19.0 Å². The fourth-order valence-electron chi connectivity index (χ4n) is 2.10. The van der Waals surface area contributed by atoms with Crippen LogP contribution < -0.4 is 0 Å². The molecule has 2 heterocycles. The van der Waals surface area contributed by atoms with Gasteiger partial charge < -0.3 is 14.0 Å². The number of aromatic nitrogens is 3. The van der Waals surface area contributed by atoms with Crippen LogP contribution in [0.4, 0.5) is 0 Å². The molecule has 0 aliphatic rings. The van der Waals surface area contributed by atoms with Crippen molar-refractivity contribution in [3.05, 3.63) is 23.7 Å². The maximum absolute atomic E-state index is 8.89. The number of nitrogens with zero attached hydrogens (tertiary/aromatic N) is 5. The molecule has 2 aromatic rings. The summed E-state index contributed by atoms with van der Waals surface area (Å²) in [6.45, 7) is 7.23. The Morgan fingerprint density at radius 3 is 2.75 bits per heavy atom. The lowest BCUT2D eigenvalue weighted by molar-refractivity contribution is 0.303. The minimum atomic E-state index is 0.462. The molecule has 0 saturated carbocycles. The molecule has 0 bridgehead atoms. The Bertz CT molecular complexity index is 603. The molecule has 2 aromatic heterocycles. The quantitative estimate of drug-likeness (QED) is 0.803. The van der Waals surface area contributed by atoms with E-state index in [2.05, 4.69) is 35.0 Å². The number of hydrogen-bond donors (Lipinski definition) is 0. The van der Waals surface area contributed by atoms with E-state index in [9.17, 15) is 0 Å². The van der Waals surface area contributed by atoms with E-state index in [1.807, 2.05) is 11.6 Å². The van der Waals surface area contributed by atoms with Crippen molar-refractivity contribution in [3.8, 4) is 17.7 Å². The Hall–Kier alpha value is -2.13. The third kappa shape index (κ3) is 3.06. The maximum atomic E-state index is 8.89. The van der Waals surface area contributed by atoms with Crippen molar-refractivity contribution in [2.45, 2.75) is 20.3 Å². The lowest BCUT2D eigenvalue weighted by Crippen LogP contribution is -2.25. The summed E-state index contributed by atoms with van der Waals surface area (Å²) < 4.78 is 7.10. The van der Waals surface area contributed by atoms with Crippen molar-refractivity contribution in [1.29, 1.82) is 5.26 Å². The van der Waals surface area contributed by atoms with Crippen LogP contribution >= 0.6 is 0 Å². The first-order valence-corrected chi connectivity index (χ1v) is 6.79. The van der Waals surface area contributed by atoms with Gasteiger partial charge in [-0.3, -0.25) is 0 Å². The summed E-state index contributed by atoms with van der Waals surface area (Å²) in [6.07, 6.45) is 2.51. The van der Waals surface area contributed by atoms with Crippen molar-refractivity contribution in [2.24, 2.45) is 7.05 Å². The van der Waals surface area contributed by atoms with Crippen molar-refractivity contribution in [2.75, 3.05) is 19.6 Å². The van der Waals surface area contributed by atoms with Gasteiger partial charge in [0.25, 0.3) is 5.89 Å². The third-order valence-electron chi connectivity index (χ3n) is 3.37. The molecule has 0 saturated heterocycles. The van der Waals surface area contributed by atoms with Gasteiger partial charge in [0.2, 0.25) is 0 Å². The first-order valence-electron chi connectivity index (χ1n) is 6.79. The zero-order chi connectivity index (χ0) is 14.5. The van der Waals surface area contributed by atoms with Crippen molar-refractivity contribution < 1.29 is 4.52 Å². The Kier molecular flexibility index (Phi) is 4.53. The van der Waals surface area contributed by atoms with E-state index in [1.165, 1.54) is 0 Å². The molecular weight excluding hydrogens is 254 g/mol. The summed E-state index contributed by atoms with van der Waals surface area (Å²) in [4.78, 5) is 6.71. The molecule has 0 fully saturated rings. The van der Waals surface area contributed by atoms with E-state index < -0.39 is 0 Å². The Morgan fingerprint density at radius 1 is 1.40 bits per heavy atom. The number of likely N-dealkylation sites (N-methyl/N-ethyl adjacent to an activating group) is 1. The normalized spacial score (nSPS) is 10.9. The number of rotatable bonds is 6. The zero-order valence-corrected chi connectivity index (χ0v) is 12.1. The topological polar surface area (TPSA) is 70.9 Å². The molecule has 0 aliphatic carbocycles. The second-order valence-corrected chi connectivity index (χ2v) is 4.63. The van der Waals surface area contributed by atoms with Gasteiger partial charge in [-0.15, -0.1) is 0 Å². The summed E-state index contributed by atoms with van der Waals surface area (Å²) in [6, 6.07) is 3.85. The molecule has 6 nitrogen and oxygen atoms in total. The fourth-order valence-corrected chi connectivity index (χ4v) is 2.10. The largest absolute Gasteiger partial charge is 0.345 e. The molecule has 0 spiro atoms. The van der Waals surface area contributed by atoms with Crippen LogP contribution in [0.5, 0.6) is 0 Å². The van der Waals surface area contributed by atoms with E-state index in [-0.39, 0.29) is 0 Å². The summed E-state index contributed by atoms with van der Waals surface area (Å²) in [5, 5.41) is 12.9. The molecular formula is C14H19N5O. The minimum Gasteiger partial charge on any atom is -0.345 e. The van der Waals surface area contributed by atoms with E-state index in [1.54, 1.807) is 12.3 Å². The van der Waals surface area contributed by atoms with E-state index >= 15 is 0 Å². The average molecular weight is 273 g/mol. The predicted octanol–water partition coefficient (Wildman–Crippen LogP) is 1.83. The van der Waals surface area contributed by atoms with Gasteiger partial charge in [0.1, 0.15) is 11.8 Å². The third-order valence-corrected chi connectivity index (χ3v) is 3.37. The SMILES string of the molecule is CCN(CC)CCc1noc(-c2cc(C#N)cn2C)n1. The Morgan fingerprint density at radius 2 is 2.15 bits per heavy atom. The van der Waals surface area contributed by atoms with Crippen LogP contribution in [0.1, 0.15) is 25.2 Å². The van der Waals surface area contributed by atoms with E-state index in [0.717, 1.165) is 31.7 Å². The van der Waals surface area contributed by atoms with Gasteiger partial charge in [0.15, 0.2) is 5.82 Å². The summed E-state index contributed by atoms with van der Waals surface area (Å²) in [5.41, 5.74) is 1.36. The van der Waals surface area contributed by atoms with Crippen LogP contribution in [0.2, 0.25) is 0 Å². The van der Waals surface area contributed by atoms with Gasteiger partial charge in [0.05, 0.1) is 5.56 Å². The highest BCUT2D eigenvalue weighted by Crippen LogP contribution is 2.19. The molecule has 106 valence electrons. The summed E-state index contributed by atoms with van der Waals surface area (Å²) in [5.74, 6) is 1.16. The predicted molar refractivity (Wildman–Crippen MR) is 74.9 cm³/mol. The van der Waals surface area contributed by atoms with Crippen LogP contribution in [-0.4, -0.2) is 39.2 Å². The molecule has 0 amide bonds. The molecule has 0 atom stereocenters. The number of aryl methyl sites for hydroxylation is 1. The van der Waals surface area contributed by atoms with Crippen LogP contribution in [0, 0.1) is 11.3 Å². The van der Waals surface area contributed by atoms with Crippen molar-refractivity contribution in [1.82, 2.24) is 19.6 Å². The van der Waals surface area contributed by atoms with E-state index in [4.69, 9.17) is 9.78 Å². The molecule has 0 radical (unpaired) electrons. The standard InChI is InChI=1S/C14H19N5O/c1-4-19(5-2)7-6-13-16-14(20-17-13)12-8-11(9-15)10-18(12)3/h8,10H,4-7H2,1-3H3. The molecule has 2 rings (SSSR count). The minimum absolute atomic E-state index is 0.462. The van der Waals surface area contributed by atoms with Gasteiger partial charge in [0, 0.05) is 26.2 Å². The summed E-state index contributed by atoms with van der Waals surface area (Å²) >= 11 is 0. The lowest BCUT2D eigenvalue weighted by Gasteiger charge is -2.16. The van der Waals surface area contributed by atoms with Crippen LogP contribution in [0.15, 0.2) is 16.8 Å². The molecule has 0 unspecified atom stereocenters.